The van der Waals surface area contributed by atoms with E-state index in [-0.39, 0.29) is 5.91 Å². The van der Waals surface area contributed by atoms with E-state index in [1.807, 2.05) is 0 Å². The van der Waals surface area contributed by atoms with Crippen molar-refractivity contribution in [3.63, 3.8) is 0 Å². The largest absolute Gasteiger partial charge is 0.313 e. The lowest BCUT2D eigenvalue weighted by molar-refractivity contribution is -0.129. The van der Waals surface area contributed by atoms with Crippen LogP contribution in [0.15, 0.2) is 33.7 Å². The maximum Gasteiger partial charge on any atom is 0.264 e. The molecule has 1 aliphatic heterocycles. The quantitative estimate of drug-likeness (QED) is 0.812. The van der Waals surface area contributed by atoms with Gasteiger partial charge >= 0.3 is 0 Å². The molecular formula is C12H12BrN3O2. The first-order valence-electron chi connectivity index (χ1n) is 5.44. The highest BCUT2D eigenvalue weighted by Gasteiger charge is 2.32. The molecule has 0 fully saturated rings. The zero-order valence-electron chi connectivity index (χ0n) is 9.74. The molecule has 2 amide bonds. The van der Waals surface area contributed by atoms with E-state index in [2.05, 4.69) is 31.6 Å². The van der Waals surface area contributed by atoms with Crippen LogP contribution in [-0.4, -0.2) is 31.2 Å². The average molecular weight is 310 g/mol. The number of carbonyl (C=O) groups excluding carboxylic acids is 2. The van der Waals surface area contributed by atoms with E-state index in [0.717, 1.165) is 4.47 Å². The minimum Gasteiger partial charge on any atom is -0.313 e. The van der Waals surface area contributed by atoms with Crippen LogP contribution in [0.5, 0.6) is 0 Å². The Bertz CT molecular complexity index is 511. The fourth-order valence-corrected chi connectivity index (χ4v) is 2.02. The van der Waals surface area contributed by atoms with Gasteiger partial charge in [-0.25, -0.2) is 0 Å². The molecule has 1 heterocycles. The van der Waals surface area contributed by atoms with Gasteiger partial charge in [0.05, 0.1) is 6.54 Å². The third-order valence-corrected chi connectivity index (χ3v) is 3.10. The maximum absolute atomic E-state index is 11.9. The van der Waals surface area contributed by atoms with Crippen molar-refractivity contribution in [3.05, 3.63) is 34.3 Å². The number of carbonyl (C=O) groups is 2. The molecule has 0 saturated carbocycles. The van der Waals surface area contributed by atoms with Gasteiger partial charge in [-0.15, -0.1) is 0 Å². The Morgan fingerprint density at radius 1 is 1.33 bits per heavy atom. The second-order valence-electron chi connectivity index (χ2n) is 3.90. The molecule has 5 nitrogen and oxygen atoms in total. The number of nitrogens with one attached hydrogen (secondary N) is 2. The van der Waals surface area contributed by atoms with Gasteiger partial charge in [0.15, 0.2) is 0 Å². The number of amides is 2. The summed E-state index contributed by atoms with van der Waals surface area (Å²) in [6, 6.07) is 7.07. The predicted octanol–water partition coefficient (Wildman–Crippen LogP) is 0.807. The number of amidine groups is 1. The Hall–Kier alpha value is -1.53. The highest BCUT2D eigenvalue weighted by molar-refractivity contribution is 9.10. The smallest absolute Gasteiger partial charge is 0.264 e. The van der Waals surface area contributed by atoms with Crippen LogP contribution in [-0.2, 0) is 9.59 Å². The fourth-order valence-electron chi connectivity index (χ4n) is 1.75. The van der Waals surface area contributed by atoms with Crippen LogP contribution in [0.3, 0.4) is 0 Å². The van der Waals surface area contributed by atoms with Gasteiger partial charge in [0.25, 0.3) is 5.91 Å². The van der Waals surface area contributed by atoms with Crippen molar-refractivity contribution in [1.29, 1.82) is 0 Å². The Morgan fingerprint density at radius 3 is 2.56 bits per heavy atom. The molecule has 0 bridgehead atoms. The molecule has 94 valence electrons. The van der Waals surface area contributed by atoms with Gasteiger partial charge in [-0.1, -0.05) is 28.1 Å². The van der Waals surface area contributed by atoms with Crippen LogP contribution in [0.25, 0.3) is 0 Å². The fraction of sp³-hybridized carbons (Fsp3) is 0.250. The van der Waals surface area contributed by atoms with Gasteiger partial charge in [-0.3, -0.25) is 9.59 Å². The molecule has 1 aliphatic rings. The summed E-state index contributed by atoms with van der Waals surface area (Å²) in [5.74, 6) is -1.24. The molecule has 0 saturated heterocycles. The van der Waals surface area contributed by atoms with Gasteiger partial charge in [0.1, 0.15) is 11.8 Å². The minimum absolute atomic E-state index is 0.331. The SMILES string of the molecule is CNCC1=NC(=O)C(c2ccc(Br)cc2)C(=O)N1. The van der Waals surface area contributed by atoms with Gasteiger partial charge in [-0.05, 0) is 24.7 Å². The number of hydrogen-bond acceptors (Lipinski definition) is 3. The molecule has 1 atom stereocenters. The standard InChI is InChI=1S/C12H12BrN3O2/c1-14-6-9-15-11(17)10(12(18)16-9)7-2-4-8(13)5-3-7/h2-5,10,14H,6H2,1H3,(H,15,16,17,18). The van der Waals surface area contributed by atoms with Crippen LogP contribution < -0.4 is 10.6 Å². The van der Waals surface area contributed by atoms with Crippen molar-refractivity contribution in [2.75, 3.05) is 13.6 Å². The number of likely N-dealkylation sites (N-methyl/N-ethyl adjacent to an activating group) is 1. The third kappa shape index (κ3) is 2.65. The van der Waals surface area contributed by atoms with Crippen LogP contribution in [0, 0.1) is 0 Å². The van der Waals surface area contributed by atoms with Crippen molar-refractivity contribution in [1.82, 2.24) is 10.6 Å². The summed E-state index contributed by atoms with van der Waals surface area (Å²) in [5.41, 5.74) is 0.646. The molecular weight excluding hydrogens is 298 g/mol. The summed E-state index contributed by atoms with van der Waals surface area (Å²) < 4.78 is 0.897. The van der Waals surface area contributed by atoms with Crippen molar-refractivity contribution in [2.45, 2.75) is 5.92 Å². The highest BCUT2D eigenvalue weighted by atomic mass is 79.9. The Morgan fingerprint density at radius 2 is 2.00 bits per heavy atom. The van der Waals surface area contributed by atoms with E-state index in [1.165, 1.54) is 0 Å². The van der Waals surface area contributed by atoms with E-state index in [0.29, 0.717) is 17.9 Å². The van der Waals surface area contributed by atoms with Crippen molar-refractivity contribution in [2.24, 2.45) is 4.99 Å². The van der Waals surface area contributed by atoms with Crippen LogP contribution in [0.2, 0.25) is 0 Å². The third-order valence-electron chi connectivity index (χ3n) is 2.57. The number of hydrogen-bond donors (Lipinski definition) is 2. The normalized spacial score (nSPS) is 19.4. The first-order chi connectivity index (χ1) is 8.61. The number of benzene rings is 1. The lowest BCUT2D eigenvalue weighted by atomic mass is 9.96. The summed E-state index contributed by atoms with van der Waals surface area (Å²) >= 11 is 3.31. The summed E-state index contributed by atoms with van der Waals surface area (Å²) in [6.07, 6.45) is 0. The van der Waals surface area contributed by atoms with Crippen LogP contribution >= 0.6 is 15.9 Å². The van der Waals surface area contributed by atoms with Gasteiger partial charge < -0.3 is 10.6 Å². The lowest BCUT2D eigenvalue weighted by Gasteiger charge is -2.20. The van der Waals surface area contributed by atoms with E-state index >= 15 is 0 Å². The van der Waals surface area contributed by atoms with Gasteiger partial charge in [0.2, 0.25) is 5.91 Å². The molecule has 0 radical (unpaired) electrons. The summed E-state index contributed by atoms with van der Waals surface area (Å²) in [5, 5.41) is 5.46. The molecule has 0 spiro atoms. The Labute approximate surface area is 113 Å². The van der Waals surface area contributed by atoms with E-state index in [4.69, 9.17) is 0 Å². The molecule has 2 rings (SSSR count). The average Bonchev–Trinajstić information content (AvgIpc) is 2.31. The van der Waals surface area contributed by atoms with Crippen molar-refractivity contribution in [3.8, 4) is 0 Å². The molecule has 1 unspecified atom stereocenters. The maximum atomic E-state index is 11.9. The topological polar surface area (TPSA) is 70.6 Å². The molecule has 0 aromatic heterocycles. The number of aliphatic imine (C=N–C) groups is 1. The summed E-state index contributed by atoms with van der Waals surface area (Å²) in [6.45, 7) is 0.366. The molecule has 1 aromatic carbocycles. The van der Waals surface area contributed by atoms with Crippen molar-refractivity contribution < 1.29 is 9.59 Å². The zero-order chi connectivity index (χ0) is 13.1. The van der Waals surface area contributed by atoms with Crippen LogP contribution in [0.4, 0.5) is 0 Å². The van der Waals surface area contributed by atoms with E-state index in [9.17, 15) is 9.59 Å². The van der Waals surface area contributed by atoms with E-state index < -0.39 is 11.8 Å². The second-order valence-corrected chi connectivity index (χ2v) is 4.82. The molecule has 0 aliphatic carbocycles. The molecule has 1 aromatic rings. The first-order valence-corrected chi connectivity index (χ1v) is 6.23. The molecule has 6 heteroatoms. The highest BCUT2D eigenvalue weighted by Crippen LogP contribution is 2.22. The Kier molecular flexibility index (Phi) is 3.88. The molecule has 18 heavy (non-hydrogen) atoms. The molecule has 2 N–H and O–H groups in total. The van der Waals surface area contributed by atoms with E-state index in [1.54, 1.807) is 31.3 Å². The van der Waals surface area contributed by atoms with Crippen molar-refractivity contribution >= 4 is 33.6 Å². The summed E-state index contributed by atoms with van der Waals surface area (Å²) in [4.78, 5) is 27.7. The minimum atomic E-state index is -0.848. The summed E-state index contributed by atoms with van der Waals surface area (Å²) in [7, 11) is 1.72. The number of rotatable bonds is 3. The van der Waals surface area contributed by atoms with Crippen LogP contribution in [0.1, 0.15) is 11.5 Å². The van der Waals surface area contributed by atoms with Gasteiger partial charge in [-0.2, -0.15) is 4.99 Å². The number of nitrogens with zero attached hydrogens (tertiary/aromatic N) is 1. The second kappa shape index (κ2) is 5.41. The van der Waals surface area contributed by atoms with Gasteiger partial charge in [0, 0.05) is 4.47 Å². The first kappa shape index (κ1) is 12.9. The monoisotopic (exact) mass is 309 g/mol. The predicted molar refractivity (Wildman–Crippen MR) is 71.4 cm³/mol. The lowest BCUT2D eigenvalue weighted by Crippen LogP contribution is -2.46. The number of halogens is 1. The Balaban J connectivity index is 2.27. The zero-order valence-corrected chi connectivity index (χ0v) is 11.3.